The molecule has 1 aromatic heterocycles. The van der Waals surface area contributed by atoms with Gasteiger partial charge < -0.3 is 0 Å². The zero-order valence-corrected chi connectivity index (χ0v) is 13.1. The standard InChI is InChI=1S/C12H11BrFN3O2S/c1-7-3-9(14)4-8(2)12(7)20(18,19)17-11-6-15-10(13)5-16-11/h3-6H,1-2H3,(H,16,17). The Bertz CT molecular complexity index is 725. The Balaban J connectivity index is 2.43. The van der Waals surface area contributed by atoms with Gasteiger partial charge in [0.15, 0.2) is 5.82 Å². The van der Waals surface area contributed by atoms with Crippen molar-refractivity contribution < 1.29 is 12.8 Å². The van der Waals surface area contributed by atoms with Gasteiger partial charge in [-0.05, 0) is 53.0 Å². The molecular weight excluding hydrogens is 349 g/mol. The first-order valence-electron chi connectivity index (χ1n) is 5.57. The van der Waals surface area contributed by atoms with Crippen LogP contribution in [-0.4, -0.2) is 18.4 Å². The van der Waals surface area contributed by atoms with Gasteiger partial charge in [0.1, 0.15) is 10.4 Å². The van der Waals surface area contributed by atoms with E-state index in [1.807, 2.05) is 0 Å². The first-order chi connectivity index (χ1) is 9.29. The number of aromatic nitrogens is 2. The summed E-state index contributed by atoms with van der Waals surface area (Å²) in [6.07, 6.45) is 2.66. The maximum absolute atomic E-state index is 13.2. The summed E-state index contributed by atoms with van der Waals surface area (Å²) >= 11 is 3.11. The van der Waals surface area contributed by atoms with Gasteiger partial charge in [0, 0.05) is 0 Å². The lowest BCUT2D eigenvalue weighted by Crippen LogP contribution is -2.17. The van der Waals surface area contributed by atoms with Crippen LogP contribution in [0.1, 0.15) is 11.1 Å². The number of aryl methyl sites for hydroxylation is 2. The van der Waals surface area contributed by atoms with Gasteiger partial charge >= 0.3 is 0 Å². The molecule has 8 heteroatoms. The van der Waals surface area contributed by atoms with Crippen LogP contribution >= 0.6 is 15.9 Å². The fourth-order valence-electron chi connectivity index (χ4n) is 1.87. The topological polar surface area (TPSA) is 72.0 Å². The second-order valence-electron chi connectivity index (χ2n) is 4.20. The first-order valence-corrected chi connectivity index (χ1v) is 7.84. The van der Waals surface area contributed by atoms with Crippen LogP contribution in [0.3, 0.4) is 0 Å². The maximum Gasteiger partial charge on any atom is 0.263 e. The Labute approximate surface area is 124 Å². The van der Waals surface area contributed by atoms with Crippen molar-refractivity contribution in [2.24, 2.45) is 0 Å². The first kappa shape index (κ1) is 14.9. The average molecular weight is 360 g/mol. The van der Waals surface area contributed by atoms with Crippen LogP contribution < -0.4 is 4.72 Å². The Morgan fingerprint density at radius 1 is 1.15 bits per heavy atom. The number of anilines is 1. The summed E-state index contributed by atoms with van der Waals surface area (Å²) in [7, 11) is -3.84. The fourth-order valence-corrected chi connectivity index (χ4v) is 3.53. The van der Waals surface area contributed by atoms with E-state index in [4.69, 9.17) is 0 Å². The van der Waals surface area contributed by atoms with E-state index in [1.165, 1.54) is 38.4 Å². The number of nitrogens with zero attached hydrogens (tertiary/aromatic N) is 2. The minimum atomic E-state index is -3.84. The van der Waals surface area contributed by atoms with Gasteiger partial charge in [-0.15, -0.1) is 0 Å². The number of halogens is 2. The number of rotatable bonds is 3. The molecule has 0 aliphatic heterocycles. The summed E-state index contributed by atoms with van der Waals surface area (Å²) in [4.78, 5) is 7.82. The highest BCUT2D eigenvalue weighted by atomic mass is 79.9. The van der Waals surface area contributed by atoms with Crippen molar-refractivity contribution in [1.82, 2.24) is 9.97 Å². The van der Waals surface area contributed by atoms with E-state index in [9.17, 15) is 12.8 Å². The van der Waals surface area contributed by atoms with Crippen molar-refractivity contribution in [3.63, 3.8) is 0 Å². The molecule has 0 aliphatic carbocycles. The van der Waals surface area contributed by atoms with Crippen molar-refractivity contribution in [3.8, 4) is 0 Å². The molecule has 0 saturated heterocycles. The molecule has 20 heavy (non-hydrogen) atoms. The lowest BCUT2D eigenvalue weighted by molar-refractivity contribution is 0.597. The van der Waals surface area contributed by atoms with Gasteiger partial charge in [-0.2, -0.15) is 0 Å². The molecule has 0 aliphatic rings. The number of hydrogen-bond acceptors (Lipinski definition) is 4. The Kier molecular flexibility index (Phi) is 4.05. The van der Waals surface area contributed by atoms with Gasteiger partial charge in [-0.25, -0.2) is 22.8 Å². The SMILES string of the molecule is Cc1cc(F)cc(C)c1S(=O)(=O)Nc1cnc(Br)cn1. The summed E-state index contributed by atoms with van der Waals surface area (Å²) in [5, 5.41) is 0. The summed E-state index contributed by atoms with van der Waals surface area (Å²) in [5.74, 6) is -0.376. The van der Waals surface area contributed by atoms with Crippen molar-refractivity contribution >= 4 is 31.8 Å². The Morgan fingerprint density at radius 2 is 1.75 bits per heavy atom. The van der Waals surface area contributed by atoms with E-state index in [-0.39, 0.29) is 10.7 Å². The van der Waals surface area contributed by atoms with Gasteiger partial charge in [0.25, 0.3) is 10.0 Å². The van der Waals surface area contributed by atoms with E-state index in [1.54, 1.807) is 0 Å². The minimum Gasteiger partial charge on any atom is -0.262 e. The molecule has 5 nitrogen and oxygen atoms in total. The van der Waals surface area contributed by atoms with Gasteiger partial charge in [-0.1, -0.05) is 0 Å². The molecule has 0 unspecified atom stereocenters. The van der Waals surface area contributed by atoms with Crippen LogP contribution in [-0.2, 0) is 10.0 Å². The van der Waals surface area contributed by atoms with E-state index in [0.29, 0.717) is 15.7 Å². The predicted molar refractivity (Wildman–Crippen MR) is 76.4 cm³/mol. The van der Waals surface area contributed by atoms with Crippen LogP contribution in [0.5, 0.6) is 0 Å². The largest absolute Gasteiger partial charge is 0.263 e. The zero-order valence-electron chi connectivity index (χ0n) is 10.7. The molecule has 0 amide bonds. The van der Waals surface area contributed by atoms with Crippen LogP contribution in [0.4, 0.5) is 10.2 Å². The van der Waals surface area contributed by atoms with Crippen molar-refractivity contribution in [2.45, 2.75) is 18.7 Å². The van der Waals surface area contributed by atoms with Gasteiger partial charge in [-0.3, -0.25) is 4.72 Å². The highest BCUT2D eigenvalue weighted by molar-refractivity contribution is 9.10. The molecule has 0 spiro atoms. The van der Waals surface area contributed by atoms with Crippen LogP contribution in [0.25, 0.3) is 0 Å². The van der Waals surface area contributed by atoms with Crippen LogP contribution in [0, 0.1) is 19.7 Å². The molecule has 0 radical (unpaired) electrons. The normalized spacial score (nSPS) is 11.4. The van der Waals surface area contributed by atoms with E-state index < -0.39 is 15.8 Å². The third-order valence-electron chi connectivity index (χ3n) is 2.55. The smallest absolute Gasteiger partial charge is 0.262 e. The van der Waals surface area contributed by atoms with Crippen LogP contribution in [0.15, 0.2) is 34.0 Å². The molecule has 0 fully saturated rings. The lowest BCUT2D eigenvalue weighted by Gasteiger charge is -2.12. The Hall–Kier alpha value is -1.54. The molecule has 106 valence electrons. The summed E-state index contributed by atoms with van der Waals surface area (Å²) < 4.78 is 40.7. The molecule has 0 saturated carbocycles. The summed E-state index contributed by atoms with van der Waals surface area (Å²) in [6.45, 7) is 3.08. The third kappa shape index (κ3) is 3.13. The predicted octanol–water partition coefficient (Wildman–Crippen LogP) is 2.80. The molecule has 0 bridgehead atoms. The van der Waals surface area contributed by atoms with E-state index in [2.05, 4.69) is 30.6 Å². The Morgan fingerprint density at radius 3 is 2.25 bits per heavy atom. The minimum absolute atomic E-state index is 0.0450. The molecular formula is C12H11BrFN3O2S. The molecule has 1 N–H and O–H groups in total. The molecule has 0 atom stereocenters. The number of hydrogen-bond donors (Lipinski definition) is 1. The monoisotopic (exact) mass is 359 g/mol. The number of benzene rings is 1. The average Bonchev–Trinajstić information content (AvgIpc) is 2.30. The van der Waals surface area contributed by atoms with E-state index in [0.717, 1.165) is 0 Å². The highest BCUT2D eigenvalue weighted by Gasteiger charge is 2.21. The van der Waals surface area contributed by atoms with Gasteiger partial charge in [0.2, 0.25) is 0 Å². The zero-order chi connectivity index (χ0) is 14.9. The van der Waals surface area contributed by atoms with Crippen molar-refractivity contribution in [3.05, 3.63) is 46.1 Å². The quantitative estimate of drug-likeness (QED) is 0.914. The summed E-state index contributed by atoms with van der Waals surface area (Å²) in [6, 6.07) is 2.35. The fraction of sp³-hybridized carbons (Fsp3) is 0.167. The molecule has 1 heterocycles. The molecule has 2 rings (SSSR count). The second-order valence-corrected chi connectivity index (χ2v) is 6.63. The van der Waals surface area contributed by atoms with Crippen LogP contribution in [0.2, 0.25) is 0 Å². The van der Waals surface area contributed by atoms with E-state index >= 15 is 0 Å². The van der Waals surface area contributed by atoms with Crippen molar-refractivity contribution in [2.75, 3.05) is 4.72 Å². The number of nitrogens with one attached hydrogen (secondary N) is 1. The highest BCUT2D eigenvalue weighted by Crippen LogP contribution is 2.23. The van der Waals surface area contributed by atoms with Crippen molar-refractivity contribution in [1.29, 1.82) is 0 Å². The maximum atomic E-state index is 13.2. The lowest BCUT2D eigenvalue weighted by atomic mass is 10.1. The molecule has 1 aromatic carbocycles. The second kappa shape index (κ2) is 5.45. The third-order valence-corrected chi connectivity index (χ3v) is 4.62. The summed E-state index contributed by atoms with van der Waals surface area (Å²) in [5.41, 5.74) is 0.667. The number of sulfonamides is 1. The molecule has 2 aromatic rings. The van der Waals surface area contributed by atoms with Gasteiger partial charge in [0.05, 0.1) is 17.3 Å².